The molecule has 3 aliphatic rings. The number of carbonyl (C=O) groups is 3. The Morgan fingerprint density at radius 1 is 1.36 bits per heavy atom. The molecular weight excluding hydrogens is 402 g/mol. The van der Waals surface area contributed by atoms with Gasteiger partial charge in [-0.05, 0) is 24.2 Å². The number of ether oxygens (including phenoxy) is 2. The van der Waals surface area contributed by atoms with Crippen LogP contribution in [0.15, 0.2) is 22.9 Å². The van der Waals surface area contributed by atoms with Crippen molar-refractivity contribution in [2.45, 2.75) is 56.8 Å². The molecule has 28 heavy (non-hydrogen) atoms. The number of cyclic esters (lactones) is 1. The lowest BCUT2D eigenvalue weighted by Crippen LogP contribution is -2.59. The minimum Gasteiger partial charge on any atom is -0.455 e. The van der Waals surface area contributed by atoms with E-state index in [1.54, 1.807) is 6.08 Å². The molecule has 0 aromatic heterocycles. The van der Waals surface area contributed by atoms with Crippen molar-refractivity contribution in [3.63, 3.8) is 0 Å². The highest BCUT2D eigenvalue weighted by molar-refractivity contribution is 8.04. The molecule has 3 atom stereocenters. The number of esters is 1. The summed E-state index contributed by atoms with van der Waals surface area (Å²) in [5.74, 6) is -0.978. The first kappa shape index (κ1) is 20.9. The Morgan fingerprint density at radius 3 is 2.57 bits per heavy atom. The van der Waals surface area contributed by atoms with Crippen LogP contribution in [0.1, 0.15) is 27.2 Å². The molecule has 10 heteroatoms. The van der Waals surface area contributed by atoms with Gasteiger partial charge in [0.25, 0.3) is 0 Å². The smallest absolute Gasteiger partial charge is 0.455 e. The summed E-state index contributed by atoms with van der Waals surface area (Å²) in [7, 11) is -2.01. The second kappa shape index (κ2) is 7.23. The number of thioether (sulfide) groups is 1. The van der Waals surface area contributed by atoms with E-state index >= 15 is 0 Å². The Hall–Kier alpha value is -1.78. The van der Waals surface area contributed by atoms with Gasteiger partial charge in [0.15, 0.2) is 8.32 Å². The zero-order chi connectivity index (χ0) is 20.9. The minimum absolute atomic E-state index is 0.0208. The number of rotatable bonds is 6. The quantitative estimate of drug-likeness (QED) is 0.391. The molecule has 1 N–H and O–H groups in total. The molecular formula is C18H25NO7SSi. The maximum atomic E-state index is 12.7. The highest BCUT2D eigenvalue weighted by Gasteiger charge is 2.56. The van der Waals surface area contributed by atoms with E-state index in [9.17, 15) is 14.4 Å². The van der Waals surface area contributed by atoms with Crippen molar-refractivity contribution in [1.29, 1.82) is 0 Å². The number of carbonyl (C=O) groups excluding carboxylic acids is 2. The Labute approximate surface area is 169 Å². The summed E-state index contributed by atoms with van der Waals surface area (Å²) in [4.78, 5) is 37.0. The predicted molar refractivity (Wildman–Crippen MR) is 105 cm³/mol. The Kier molecular flexibility index (Phi) is 5.41. The van der Waals surface area contributed by atoms with Crippen LogP contribution >= 0.6 is 11.8 Å². The molecule has 8 nitrogen and oxygen atoms in total. The van der Waals surface area contributed by atoms with Crippen molar-refractivity contribution < 1.29 is 33.4 Å². The fourth-order valence-corrected chi connectivity index (χ4v) is 5.39. The largest absolute Gasteiger partial charge is 0.512 e. The van der Waals surface area contributed by atoms with Crippen molar-refractivity contribution in [2.24, 2.45) is 5.92 Å². The first-order chi connectivity index (χ1) is 12.9. The Bertz CT molecular complexity index is 770. The van der Waals surface area contributed by atoms with E-state index in [4.69, 9.17) is 19.0 Å². The van der Waals surface area contributed by atoms with E-state index in [0.29, 0.717) is 11.5 Å². The molecule has 1 amide bonds. The molecule has 1 saturated heterocycles. The number of nitrogens with zero attached hydrogens (tertiary/aromatic N) is 1. The fraction of sp³-hybridized carbons (Fsp3) is 0.611. The van der Waals surface area contributed by atoms with Gasteiger partial charge in [0.1, 0.15) is 11.5 Å². The zero-order valence-electron chi connectivity index (χ0n) is 16.6. The van der Waals surface area contributed by atoms with Crippen LogP contribution in [0.3, 0.4) is 0 Å². The molecule has 0 aromatic rings. The van der Waals surface area contributed by atoms with E-state index < -0.39 is 26.5 Å². The molecule has 1 fully saturated rings. The maximum absolute atomic E-state index is 12.7. The van der Waals surface area contributed by atoms with E-state index in [1.165, 1.54) is 22.7 Å². The van der Waals surface area contributed by atoms with E-state index in [-0.39, 0.29) is 34.5 Å². The van der Waals surface area contributed by atoms with Crippen molar-refractivity contribution in [3.8, 4) is 0 Å². The minimum atomic E-state index is -2.01. The van der Waals surface area contributed by atoms with E-state index in [0.717, 1.165) is 0 Å². The normalized spacial score (nSPS) is 27.0. The number of carboxylic acid groups (broad SMARTS) is 1. The van der Waals surface area contributed by atoms with Crippen molar-refractivity contribution in [1.82, 2.24) is 4.90 Å². The summed E-state index contributed by atoms with van der Waals surface area (Å²) in [6.07, 6.45) is 1.24. The van der Waals surface area contributed by atoms with Gasteiger partial charge >= 0.3 is 12.1 Å². The summed E-state index contributed by atoms with van der Waals surface area (Å²) in [6, 6.07) is 0. The summed E-state index contributed by atoms with van der Waals surface area (Å²) in [5, 5.41) is 8.82. The molecule has 0 unspecified atom stereocenters. The molecule has 0 aromatic carbocycles. The highest BCUT2D eigenvalue weighted by Crippen LogP contribution is 2.51. The topological polar surface area (TPSA) is 102 Å². The van der Waals surface area contributed by atoms with Gasteiger partial charge in [0.05, 0.1) is 10.8 Å². The standard InChI is InChI=1S/C18H25NO7SSi/c1-18(2,3)28(4,5)24-9-11-14(21)19-15(26-17(22)23)12(27-16(11)19)8-10-6-7-13(20)25-10/h6-7,10-11,16H,8-9H2,1-5H3,(H,22,23)/t10-,11+,16-/m1/s1. The third-order valence-corrected chi connectivity index (χ3v) is 11.5. The zero-order valence-corrected chi connectivity index (χ0v) is 18.4. The van der Waals surface area contributed by atoms with Crippen LogP contribution in [0, 0.1) is 5.92 Å². The summed E-state index contributed by atoms with van der Waals surface area (Å²) < 4.78 is 16.2. The van der Waals surface area contributed by atoms with Gasteiger partial charge in [-0.3, -0.25) is 9.69 Å². The molecule has 154 valence electrons. The number of hydrogen-bond acceptors (Lipinski definition) is 7. The van der Waals surface area contributed by atoms with Gasteiger partial charge in [-0.15, -0.1) is 0 Å². The molecule has 0 saturated carbocycles. The van der Waals surface area contributed by atoms with Crippen LogP contribution < -0.4 is 0 Å². The van der Waals surface area contributed by atoms with E-state index in [1.807, 2.05) is 0 Å². The van der Waals surface area contributed by atoms with Gasteiger partial charge in [0.2, 0.25) is 11.8 Å². The molecule has 3 rings (SSSR count). The first-order valence-corrected chi connectivity index (χ1v) is 12.9. The average molecular weight is 428 g/mol. The lowest BCUT2D eigenvalue weighted by atomic mass is 10.00. The third-order valence-electron chi connectivity index (χ3n) is 5.59. The van der Waals surface area contributed by atoms with Gasteiger partial charge in [-0.2, -0.15) is 0 Å². The van der Waals surface area contributed by atoms with Crippen LogP contribution in [0.5, 0.6) is 0 Å². The predicted octanol–water partition coefficient (Wildman–Crippen LogP) is 3.27. The lowest BCUT2D eigenvalue weighted by Gasteiger charge is -2.44. The molecule has 0 aliphatic carbocycles. The van der Waals surface area contributed by atoms with Gasteiger partial charge in [0, 0.05) is 19.1 Å². The maximum Gasteiger partial charge on any atom is 0.512 e. The van der Waals surface area contributed by atoms with Crippen molar-refractivity contribution >= 4 is 38.1 Å². The fourth-order valence-electron chi connectivity index (χ4n) is 2.90. The monoisotopic (exact) mass is 427 g/mol. The second-order valence-corrected chi connectivity index (χ2v) is 14.6. The summed E-state index contributed by atoms with van der Waals surface area (Å²) >= 11 is 1.38. The molecule has 0 radical (unpaired) electrons. The molecule has 3 heterocycles. The number of β-lactam (4-membered cyclic amide) rings is 1. The molecule has 3 aliphatic heterocycles. The summed E-state index contributed by atoms with van der Waals surface area (Å²) in [6.45, 7) is 10.9. The number of amides is 1. The first-order valence-electron chi connectivity index (χ1n) is 9.07. The number of fused-ring (bicyclic) bond motifs is 1. The van der Waals surface area contributed by atoms with Crippen molar-refractivity contribution in [2.75, 3.05) is 6.61 Å². The van der Waals surface area contributed by atoms with Crippen LogP contribution in [-0.2, 0) is 23.5 Å². The van der Waals surface area contributed by atoms with Gasteiger partial charge < -0.3 is 19.0 Å². The van der Waals surface area contributed by atoms with E-state index in [2.05, 4.69) is 33.9 Å². The van der Waals surface area contributed by atoms with Crippen molar-refractivity contribution in [3.05, 3.63) is 22.9 Å². The highest BCUT2D eigenvalue weighted by atomic mass is 32.2. The van der Waals surface area contributed by atoms with Crippen LogP contribution in [-0.4, -0.2) is 54.4 Å². The Balaban J connectivity index is 1.70. The number of hydrogen-bond donors (Lipinski definition) is 1. The molecule has 0 bridgehead atoms. The Morgan fingerprint density at radius 2 is 2.04 bits per heavy atom. The van der Waals surface area contributed by atoms with Crippen LogP contribution in [0.4, 0.5) is 4.79 Å². The van der Waals surface area contributed by atoms with Crippen LogP contribution in [0.25, 0.3) is 0 Å². The third kappa shape index (κ3) is 3.85. The van der Waals surface area contributed by atoms with Crippen LogP contribution in [0.2, 0.25) is 18.1 Å². The van der Waals surface area contributed by atoms with Gasteiger partial charge in [-0.25, -0.2) is 9.59 Å². The SMILES string of the molecule is CC(C)(C)[Si](C)(C)OC[C@H]1C(=O)N2C(OC(=O)O)=C(C[C@H]3C=CC(=O)O3)S[C@H]12. The average Bonchev–Trinajstić information content (AvgIpc) is 3.08. The van der Waals surface area contributed by atoms with Gasteiger partial charge in [-0.1, -0.05) is 32.5 Å². The second-order valence-electron chi connectivity index (χ2n) is 8.53. The lowest BCUT2D eigenvalue weighted by molar-refractivity contribution is -0.151. The summed E-state index contributed by atoms with van der Waals surface area (Å²) in [5.41, 5.74) is 0. The molecule has 0 spiro atoms.